The molecule has 0 amide bonds. The molecule has 0 saturated heterocycles. The van der Waals surface area contributed by atoms with Gasteiger partial charge in [-0.05, 0) is 24.3 Å². The zero-order valence-electron chi connectivity index (χ0n) is 11.4. The van der Waals surface area contributed by atoms with Gasteiger partial charge >= 0.3 is 0 Å². The normalized spacial score (nSPS) is 15.6. The molecule has 0 bridgehead atoms. The van der Waals surface area contributed by atoms with Crippen LogP contribution in [0.25, 0.3) is 0 Å². The number of hydrogen-bond acceptors (Lipinski definition) is 1. The van der Waals surface area contributed by atoms with Crippen LogP contribution < -0.4 is 0 Å². The maximum atomic E-state index is 14.1. The van der Waals surface area contributed by atoms with E-state index in [2.05, 4.69) is 4.99 Å². The Labute approximate surface area is 127 Å². The Balaban J connectivity index is 2.28. The summed E-state index contributed by atoms with van der Waals surface area (Å²) in [6.07, 6.45) is 5.42. The van der Waals surface area contributed by atoms with Crippen LogP contribution in [0.5, 0.6) is 0 Å². The molecule has 0 radical (unpaired) electrons. The Bertz CT molecular complexity index is 791. The van der Waals surface area contributed by atoms with E-state index in [1.807, 2.05) is 42.1 Å². The number of rotatable bonds is 1. The largest absolute Gasteiger partial charge is 0.249 e. The minimum absolute atomic E-state index is 0.301. The number of hydrogen-bond donors (Lipinski definition) is 0. The van der Waals surface area contributed by atoms with Crippen LogP contribution >= 0.6 is 11.6 Å². The lowest BCUT2D eigenvalue weighted by Gasteiger charge is -2.08. The highest BCUT2D eigenvalue weighted by atomic mass is 35.5. The van der Waals surface area contributed by atoms with Crippen LogP contribution in [0.4, 0.5) is 10.1 Å². The highest BCUT2D eigenvalue weighted by Gasteiger charge is 2.22. The number of aliphatic imine (C=N–C) groups is 1. The molecule has 0 aromatic heterocycles. The average molecular weight is 300 g/mol. The predicted molar refractivity (Wildman–Crippen MR) is 84.3 cm³/mol. The second-order valence-electron chi connectivity index (χ2n) is 4.58. The van der Waals surface area contributed by atoms with Crippen molar-refractivity contribution in [1.82, 2.24) is 0 Å². The van der Waals surface area contributed by atoms with E-state index in [1.54, 1.807) is 24.4 Å². The summed E-state index contributed by atoms with van der Waals surface area (Å²) in [6, 6.07) is 12.1. The fourth-order valence-corrected chi connectivity index (χ4v) is 2.52. The van der Waals surface area contributed by atoms with E-state index in [0.29, 0.717) is 16.3 Å². The second kappa shape index (κ2) is 5.62. The Morgan fingerprint density at radius 3 is 2.71 bits per heavy atom. The van der Waals surface area contributed by atoms with Gasteiger partial charge in [-0.15, -0.1) is 0 Å². The van der Waals surface area contributed by atoms with Crippen molar-refractivity contribution in [3.63, 3.8) is 0 Å². The molecule has 1 heterocycles. The summed E-state index contributed by atoms with van der Waals surface area (Å²) >= 11 is 6.12. The van der Waals surface area contributed by atoms with Gasteiger partial charge in [0, 0.05) is 23.6 Å². The van der Waals surface area contributed by atoms with Crippen LogP contribution in [0, 0.1) is 5.82 Å². The van der Waals surface area contributed by atoms with Gasteiger partial charge in [-0.2, -0.15) is 4.58 Å². The smallest absolute Gasteiger partial charge is 0.219 e. The molecule has 3 rings (SSSR count). The fraction of sp³-hybridized carbons (Fsp3) is 0.0588. The third-order valence-electron chi connectivity index (χ3n) is 3.33. The molecular weight excluding hydrogens is 287 g/mol. The van der Waals surface area contributed by atoms with Crippen molar-refractivity contribution < 1.29 is 8.97 Å². The van der Waals surface area contributed by atoms with E-state index in [4.69, 9.17) is 11.6 Å². The van der Waals surface area contributed by atoms with Gasteiger partial charge in [-0.3, -0.25) is 0 Å². The molecule has 0 saturated carbocycles. The molecule has 1 aliphatic rings. The van der Waals surface area contributed by atoms with Gasteiger partial charge in [-0.25, -0.2) is 9.38 Å². The summed E-state index contributed by atoms with van der Waals surface area (Å²) < 4.78 is 16.1. The van der Waals surface area contributed by atoms with Crippen LogP contribution in [-0.2, 0) is 0 Å². The molecule has 4 heteroatoms. The molecule has 2 nitrogen and oxygen atoms in total. The van der Waals surface area contributed by atoms with Gasteiger partial charge in [-0.1, -0.05) is 23.7 Å². The van der Waals surface area contributed by atoms with E-state index in [0.717, 1.165) is 11.3 Å². The van der Waals surface area contributed by atoms with Crippen molar-refractivity contribution in [2.45, 2.75) is 6.92 Å². The van der Waals surface area contributed by atoms with Gasteiger partial charge in [0.15, 0.2) is 6.20 Å². The summed E-state index contributed by atoms with van der Waals surface area (Å²) in [5.41, 5.74) is 2.75. The van der Waals surface area contributed by atoms with Gasteiger partial charge in [0.1, 0.15) is 12.0 Å². The first-order valence-corrected chi connectivity index (χ1v) is 6.95. The minimum Gasteiger partial charge on any atom is -0.249 e. The highest BCUT2D eigenvalue weighted by molar-refractivity contribution is 6.31. The van der Waals surface area contributed by atoms with Gasteiger partial charge in [0.2, 0.25) is 5.69 Å². The Hall–Kier alpha value is -2.26. The Morgan fingerprint density at radius 2 is 1.95 bits per heavy atom. The van der Waals surface area contributed by atoms with Gasteiger partial charge in [0.25, 0.3) is 0 Å². The van der Waals surface area contributed by atoms with E-state index in [1.165, 1.54) is 6.07 Å². The summed E-state index contributed by atoms with van der Waals surface area (Å²) in [4.78, 5) is 4.41. The summed E-state index contributed by atoms with van der Waals surface area (Å²) in [5, 5.41) is 0.593. The van der Waals surface area contributed by atoms with E-state index >= 15 is 0 Å². The third-order valence-corrected chi connectivity index (χ3v) is 3.57. The lowest BCUT2D eigenvalue weighted by molar-refractivity contribution is -0.355. The average Bonchev–Trinajstić information content (AvgIpc) is 2.66. The molecule has 1 aliphatic heterocycles. The van der Waals surface area contributed by atoms with Gasteiger partial charge in [0.05, 0.1) is 17.5 Å². The molecular formula is C17H13ClFN2+. The number of nitrogens with zero attached hydrogens (tertiary/aromatic N) is 2. The lowest BCUT2D eigenvalue weighted by atomic mass is 10.00. The van der Waals surface area contributed by atoms with Crippen molar-refractivity contribution in [3.8, 4) is 0 Å². The van der Waals surface area contributed by atoms with Crippen LogP contribution in [0.15, 0.2) is 59.9 Å². The Kier molecular flexibility index (Phi) is 3.67. The zero-order valence-corrected chi connectivity index (χ0v) is 12.2. The maximum Gasteiger partial charge on any atom is 0.219 e. The summed E-state index contributed by atoms with van der Waals surface area (Å²) in [6.45, 7) is 1.93. The van der Waals surface area contributed by atoms with Crippen molar-refractivity contribution in [1.29, 1.82) is 0 Å². The van der Waals surface area contributed by atoms with E-state index < -0.39 is 0 Å². The standard InChI is InChI=1S/C17H13ClFN2/c1-2-21-10-9-20-17(13-5-3-4-6-15(13)19)14-11-12(18)7-8-16(14)21/h2-11H,1H3/q+1. The maximum absolute atomic E-state index is 14.1. The number of benzene rings is 2. The SMILES string of the molecule is CC=[N+]1C=CN=C(c2ccccc2F)c2cc(Cl)ccc21. The molecule has 104 valence electrons. The second-order valence-corrected chi connectivity index (χ2v) is 5.02. The molecule has 0 N–H and O–H groups in total. The highest BCUT2D eigenvalue weighted by Crippen LogP contribution is 2.28. The van der Waals surface area contributed by atoms with Crippen molar-refractivity contribution >= 4 is 29.2 Å². The minimum atomic E-state index is -0.301. The number of fused-ring (bicyclic) bond motifs is 1. The summed E-state index contributed by atoms with van der Waals surface area (Å²) in [7, 11) is 0. The topological polar surface area (TPSA) is 15.4 Å². The number of halogens is 2. The predicted octanol–water partition coefficient (Wildman–Crippen LogP) is 4.54. The molecule has 21 heavy (non-hydrogen) atoms. The first-order chi connectivity index (χ1) is 10.2. The van der Waals surface area contributed by atoms with Crippen LogP contribution in [-0.4, -0.2) is 16.5 Å². The lowest BCUT2D eigenvalue weighted by Crippen LogP contribution is -2.08. The Morgan fingerprint density at radius 1 is 1.14 bits per heavy atom. The van der Waals surface area contributed by atoms with Crippen LogP contribution in [0.1, 0.15) is 18.1 Å². The van der Waals surface area contributed by atoms with Crippen molar-refractivity contribution in [2.24, 2.45) is 4.99 Å². The zero-order chi connectivity index (χ0) is 14.8. The molecule has 2 aromatic rings. The van der Waals surface area contributed by atoms with Crippen molar-refractivity contribution in [2.75, 3.05) is 0 Å². The van der Waals surface area contributed by atoms with Crippen LogP contribution in [0.2, 0.25) is 5.02 Å². The van der Waals surface area contributed by atoms with E-state index in [9.17, 15) is 4.39 Å². The first-order valence-electron chi connectivity index (χ1n) is 6.58. The molecule has 2 aromatic carbocycles. The molecule has 0 atom stereocenters. The molecule has 0 unspecified atom stereocenters. The quantitative estimate of drug-likeness (QED) is 0.687. The first kappa shape index (κ1) is 13.7. The van der Waals surface area contributed by atoms with E-state index in [-0.39, 0.29) is 5.82 Å². The molecule has 0 aliphatic carbocycles. The van der Waals surface area contributed by atoms with Crippen molar-refractivity contribution in [3.05, 3.63) is 76.8 Å². The molecule has 0 spiro atoms. The van der Waals surface area contributed by atoms with Crippen LogP contribution in [0.3, 0.4) is 0 Å². The molecule has 0 fully saturated rings. The van der Waals surface area contributed by atoms with Gasteiger partial charge < -0.3 is 0 Å². The summed E-state index contributed by atoms with van der Waals surface area (Å²) in [5.74, 6) is -0.301. The third kappa shape index (κ3) is 2.52. The monoisotopic (exact) mass is 299 g/mol. The fourth-order valence-electron chi connectivity index (χ4n) is 2.35.